The molecule has 2 aliphatic carbocycles. The lowest BCUT2D eigenvalue weighted by Gasteiger charge is -2.55. The lowest BCUT2D eigenvalue weighted by atomic mass is 9.49. The Morgan fingerprint density at radius 3 is 2.45 bits per heavy atom. The first-order valence-corrected chi connectivity index (χ1v) is 10.9. The molecule has 29 heavy (non-hydrogen) atoms. The predicted molar refractivity (Wildman–Crippen MR) is 114 cm³/mol. The van der Waals surface area contributed by atoms with Crippen LogP contribution in [-0.2, 0) is 14.7 Å². The van der Waals surface area contributed by atoms with Gasteiger partial charge in [-0.05, 0) is 75.7 Å². The van der Waals surface area contributed by atoms with Gasteiger partial charge >= 0.3 is 7.12 Å². The van der Waals surface area contributed by atoms with Crippen LogP contribution in [0.25, 0.3) is 0 Å². The monoisotopic (exact) mass is 413 g/mol. The minimum absolute atomic E-state index is 0.146. The molecule has 152 valence electrons. The van der Waals surface area contributed by atoms with Crippen LogP contribution in [0.15, 0.2) is 24.3 Å². The summed E-state index contributed by atoms with van der Waals surface area (Å²) in [6.45, 7) is 10.2. The van der Waals surface area contributed by atoms with E-state index in [4.69, 9.17) is 9.31 Å². The predicted octanol–water partition coefficient (Wildman–Crippen LogP) is 4.59. The van der Waals surface area contributed by atoms with Gasteiger partial charge in [0.2, 0.25) is 0 Å². The number of anilines is 1. The summed E-state index contributed by atoms with van der Waals surface area (Å²) in [4.78, 5) is 14.8. The summed E-state index contributed by atoms with van der Waals surface area (Å²) in [5.41, 5.74) is 1.43. The van der Waals surface area contributed by atoms with E-state index in [1.54, 1.807) is 23.5 Å². The minimum Gasteiger partial charge on any atom is -0.399 e. The molecule has 2 fully saturated rings. The van der Waals surface area contributed by atoms with Gasteiger partial charge in [-0.1, -0.05) is 13.0 Å². The number of rotatable bonds is 3. The summed E-state index contributed by atoms with van der Waals surface area (Å²) in [6.07, 6.45) is 2.39. The highest BCUT2D eigenvalue weighted by Gasteiger charge is 2.56. The Morgan fingerprint density at radius 1 is 1.17 bits per heavy atom. The van der Waals surface area contributed by atoms with Crippen molar-refractivity contribution >= 4 is 35.5 Å². The van der Waals surface area contributed by atoms with Crippen LogP contribution in [0, 0.1) is 5.82 Å². The summed E-state index contributed by atoms with van der Waals surface area (Å²) < 4.78 is 26.5. The number of hydrogen-bond acceptors (Lipinski definition) is 4. The first-order valence-electron chi connectivity index (χ1n) is 10.1. The number of fused-ring (bicyclic) bond motifs is 4. The molecule has 1 aromatic carbocycles. The van der Waals surface area contributed by atoms with E-state index in [-0.39, 0.29) is 17.0 Å². The van der Waals surface area contributed by atoms with Gasteiger partial charge in [0.05, 0.1) is 21.8 Å². The summed E-state index contributed by atoms with van der Waals surface area (Å²) in [5, 5.41) is 2.75. The minimum atomic E-state index is -0.603. The molecule has 0 bridgehead atoms. The van der Waals surface area contributed by atoms with Gasteiger partial charge in [0.15, 0.2) is 0 Å². The third-order valence-electron chi connectivity index (χ3n) is 7.36. The zero-order chi connectivity index (χ0) is 20.8. The lowest BCUT2D eigenvalue weighted by Crippen LogP contribution is -2.47. The van der Waals surface area contributed by atoms with E-state index >= 15 is 0 Å². The van der Waals surface area contributed by atoms with Crippen molar-refractivity contribution in [2.45, 2.75) is 70.0 Å². The molecule has 0 unspecified atom stereocenters. The van der Waals surface area contributed by atoms with Crippen molar-refractivity contribution in [3.63, 3.8) is 0 Å². The van der Waals surface area contributed by atoms with E-state index in [1.807, 2.05) is 33.8 Å². The molecule has 2 atom stereocenters. The van der Waals surface area contributed by atoms with Crippen molar-refractivity contribution in [2.75, 3.05) is 5.32 Å². The van der Waals surface area contributed by atoms with E-state index in [0.717, 1.165) is 0 Å². The summed E-state index contributed by atoms with van der Waals surface area (Å²) in [5.74, 6) is -0.145. The van der Waals surface area contributed by atoms with Gasteiger partial charge in [-0.3, -0.25) is 4.79 Å². The first kappa shape index (κ1) is 19.3. The van der Waals surface area contributed by atoms with Crippen LogP contribution >= 0.6 is 11.3 Å². The molecular formula is C22H25BFNO3S. The van der Waals surface area contributed by atoms with Gasteiger partial charge < -0.3 is 14.6 Å². The highest BCUT2D eigenvalue weighted by Crippen LogP contribution is 2.66. The van der Waals surface area contributed by atoms with Gasteiger partial charge in [-0.2, -0.15) is 0 Å². The number of carbonyl (C=O) groups excluding carboxylic acids is 1. The molecule has 1 N–H and O–H groups in total. The molecule has 2 heterocycles. The quantitative estimate of drug-likeness (QED) is 0.749. The van der Waals surface area contributed by atoms with E-state index in [2.05, 4.69) is 12.2 Å². The van der Waals surface area contributed by atoms with Crippen molar-refractivity contribution in [2.24, 2.45) is 0 Å². The standard InChI is InChI=1S/C22H25BFNO3S/c1-20(2)21(3,4)28-23(27-20)12-6-7-15(24)16(10-12)25-19(26)17-11-13-14-8-9-22(14,5)18(13)29-17/h6-7,10-11,14H,8-9H2,1-5H3,(H,25,26)/t14-,22-/m1/s1. The third kappa shape index (κ3) is 2.67. The number of benzene rings is 1. The Morgan fingerprint density at radius 2 is 1.86 bits per heavy atom. The molecule has 0 radical (unpaired) electrons. The largest absolute Gasteiger partial charge is 0.494 e. The topological polar surface area (TPSA) is 47.6 Å². The lowest BCUT2D eigenvalue weighted by molar-refractivity contribution is 0.00578. The summed E-state index contributed by atoms with van der Waals surface area (Å²) in [7, 11) is -0.603. The molecule has 1 saturated heterocycles. The maximum atomic E-state index is 14.4. The molecule has 1 aromatic heterocycles. The SMILES string of the molecule is CC1(C)OB(c2ccc(F)c(NC(=O)c3cc4c(s3)[C@]3(C)CC[C@H]43)c2)OC1(C)C. The Hall–Kier alpha value is -1.70. The van der Waals surface area contributed by atoms with Gasteiger partial charge in [0.25, 0.3) is 5.91 Å². The molecule has 4 nitrogen and oxygen atoms in total. The number of carbonyl (C=O) groups is 1. The molecule has 0 spiro atoms. The van der Waals surface area contributed by atoms with Crippen LogP contribution < -0.4 is 10.8 Å². The molecular weight excluding hydrogens is 388 g/mol. The first-order chi connectivity index (χ1) is 13.5. The Balaban J connectivity index is 1.37. The molecule has 5 rings (SSSR count). The second-order valence-electron chi connectivity index (χ2n) is 9.69. The molecule has 1 aliphatic heterocycles. The zero-order valence-corrected chi connectivity index (χ0v) is 18.2. The van der Waals surface area contributed by atoms with Gasteiger partial charge in [-0.25, -0.2) is 4.39 Å². The van der Waals surface area contributed by atoms with Crippen LogP contribution in [0.1, 0.15) is 73.5 Å². The zero-order valence-electron chi connectivity index (χ0n) is 17.4. The Labute approximate surface area is 174 Å². The normalized spacial score (nSPS) is 28.2. The maximum absolute atomic E-state index is 14.4. The fourth-order valence-electron chi connectivity index (χ4n) is 4.58. The number of thiophene rings is 1. The Bertz CT molecular complexity index is 1020. The fraction of sp³-hybridized carbons (Fsp3) is 0.500. The molecule has 1 amide bonds. The molecule has 7 heteroatoms. The van der Waals surface area contributed by atoms with Crippen molar-refractivity contribution in [3.8, 4) is 0 Å². The molecule has 3 aliphatic rings. The number of nitrogens with one attached hydrogen (secondary N) is 1. The van der Waals surface area contributed by atoms with E-state index in [0.29, 0.717) is 16.3 Å². The van der Waals surface area contributed by atoms with Crippen LogP contribution in [0.5, 0.6) is 0 Å². The molecule has 2 aromatic rings. The van der Waals surface area contributed by atoms with Crippen LogP contribution in [0.4, 0.5) is 10.1 Å². The van der Waals surface area contributed by atoms with Crippen molar-refractivity contribution in [3.05, 3.63) is 45.4 Å². The van der Waals surface area contributed by atoms with Crippen LogP contribution in [-0.4, -0.2) is 24.2 Å². The summed E-state index contributed by atoms with van der Waals surface area (Å²) in [6, 6.07) is 6.58. The van der Waals surface area contributed by atoms with E-state index in [9.17, 15) is 9.18 Å². The van der Waals surface area contributed by atoms with Crippen molar-refractivity contribution in [1.29, 1.82) is 0 Å². The highest BCUT2D eigenvalue weighted by atomic mass is 32.1. The second kappa shape index (κ2) is 5.93. The van der Waals surface area contributed by atoms with Crippen LogP contribution in [0.3, 0.4) is 0 Å². The fourth-order valence-corrected chi connectivity index (χ4v) is 5.93. The van der Waals surface area contributed by atoms with Gasteiger partial charge in [-0.15, -0.1) is 11.3 Å². The number of hydrogen-bond donors (Lipinski definition) is 1. The number of halogens is 1. The Kier molecular flexibility index (Phi) is 3.94. The van der Waals surface area contributed by atoms with Gasteiger partial charge in [0, 0.05) is 10.3 Å². The maximum Gasteiger partial charge on any atom is 0.494 e. The average Bonchev–Trinajstić information content (AvgIpc) is 3.12. The third-order valence-corrected chi connectivity index (χ3v) is 8.79. The van der Waals surface area contributed by atoms with Crippen molar-refractivity contribution in [1.82, 2.24) is 0 Å². The second-order valence-corrected chi connectivity index (χ2v) is 10.7. The number of amides is 1. The molecule has 1 saturated carbocycles. The summed E-state index contributed by atoms with van der Waals surface area (Å²) >= 11 is 1.54. The van der Waals surface area contributed by atoms with E-state index in [1.165, 1.54) is 29.3 Å². The van der Waals surface area contributed by atoms with Gasteiger partial charge in [0.1, 0.15) is 5.82 Å². The average molecular weight is 413 g/mol. The van der Waals surface area contributed by atoms with Crippen molar-refractivity contribution < 1.29 is 18.5 Å². The smallest absolute Gasteiger partial charge is 0.399 e. The van der Waals surface area contributed by atoms with Crippen LogP contribution in [0.2, 0.25) is 0 Å². The highest BCUT2D eigenvalue weighted by molar-refractivity contribution is 7.14. The van der Waals surface area contributed by atoms with E-state index < -0.39 is 24.1 Å².